The van der Waals surface area contributed by atoms with Crippen LogP contribution in [0.2, 0.25) is 0 Å². The van der Waals surface area contributed by atoms with E-state index in [9.17, 15) is 9.18 Å². The van der Waals surface area contributed by atoms with Crippen molar-refractivity contribution in [2.45, 2.75) is 4.83 Å². The van der Waals surface area contributed by atoms with E-state index in [1.54, 1.807) is 0 Å². The van der Waals surface area contributed by atoms with Gasteiger partial charge >= 0.3 is 5.97 Å². The number of carboxylic acid groups (broad SMARTS) is 1. The highest BCUT2D eigenvalue weighted by atomic mass is 79.9. The van der Waals surface area contributed by atoms with Crippen LogP contribution in [0.5, 0.6) is 0 Å². The quantitative estimate of drug-likeness (QED) is 0.854. The lowest BCUT2D eigenvalue weighted by atomic mass is 10.2. The molecule has 2 rings (SSSR count). The molecule has 0 aliphatic rings. The van der Waals surface area contributed by atoms with E-state index in [4.69, 9.17) is 9.63 Å². The first-order valence-corrected chi connectivity index (χ1v) is 4.93. The van der Waals surface area contributed by atoms with Crippen molar-refractivity contribution in [1.29, 1.82) is 0 Å². The molecule has 0 fully saturated rings. The van der Waals surface area contributed by atoms with Crippen LogP contribution >= 0.6 is 15.9 Å². The van der Waals surface area contributed by atoms with Gasteiger partial charge < -0.3 is 9.63 Å². The zero-order chi connectivity index (χ0) is 11.0. The zero-order valence-electron chi connectivity index (χ0n) is 7.28. The van der Waals surface area contributed by atoms with Gasteiger partial charge in [-0.25, -0.2) is 4.39 Å². The summed E-state index contributed by atoms with van der Waals surface area (Å²) in [6.45, 7) is 0. The molecule has 0 saturated carbocycles. The normalized spacial score (nSPS) is 12.9. The molecule has 1 heterocycles. The summed E-state index contributed by atoms with van der Waals surface area (Å²) in [6.07, 6.45) is 0. The molecule has 0 radical (unpaired) electrons. The summed E-state index contributed by atoms with van der Waals surface area (Å²) in [4.78, 5) is 9.75. The number of carboxylic acids is 1. The number of hydrogen-bond acceptors (Lipinski definition) is 3. The number of halogens is 2. The molecule has 0 amide bonds. The number of hydrogen-bond donors (Lipinski definition) is 1. The predicted molar refractivity (Wildman–Crippen MR) is 53.3 cm³/mol. The Morgan fingerprint density at radius 3 is 3.00 bits per heavy atom. The number of rotatable bonds is 2. The van der Waals surface area contributed by atoms with E-state index in [1.807, 2.05) is 0 Å². The summed E-state index contributed by atoms with van der Waals surface area (Å²) in [5.41, 5.74) is 0.466. The standard InChI is InChI=1S/C9H5BrFNO3/c10-7(9(13)14)8-5-2-1-4(11)3-6(5)15-12-8/h1-3,7H,(H,13,14). The summed E-state index contributed by atoms with van der Waals surface area (Å²) in [7, 11) is 0. The fourth-order valence-corrected chi connectivity index (χ4v) is 1.56. The second-order valence-corrected chi connectivity index (χ2v) is 3.82. The monoisotopic (exact) mass is 273 g/mol. The van der Waals surface area contributed by atoms with Crippen molar-refractivity contribution in [1.82, 2.24) is 5.16 Å². The Morgan fingerprint density at radius 1 is 1.60 bits per heavy atom. The van der Waals surface area contributed by atoms with E-state index in [0.29, 0.717) is 5.39 Å². The molecule has 0 aliphatic carbocycles. The molecular formula is C9H5BrFNO3. The van der Waals surface area contributed by atoms with Gasteiger partial charge in [0.1, 0.15) is 11.5 Å². The van der Waals surface area contributed by atoms with Crippen LogP contribution in [0.4, 0.5) is 4.39 Å². The summed E-state index contributed by atoms with van der Waals surface area (Å²) < 4.78 is 17.6. The molecule has 78 valence electrons. The molecule has 0 saturated heterocycles. The van der Waals surface area contributed by atoms with Crippen molar-refractivity contribution in [3.63, 3.8) is 0 Å². The highest BCUT2D eigenvalue weighted by Gasteiger charge is 2.22. The van der Waals surface area contributed by atoms with Crippen molar-refractivity contribution in [2.75, 3.05) is 0 Å². The van der Waals surface area contributed by atoms with E-state index < -0.39 is 16.6 Å². The zero-order valence-corrected chi connectivity index (χ0v) is 8.86. The summed E-state index contributed by atoms with van der Waals surface area (Å²) >= 11 is 2.95. The minimum absolute atomic E-state index is 0.232. The van der Waals surface area contributed by atoms with Crippen LogP contribution < -0.4 is 0 Å². The van der Waals surface area contributed by atoms with E-state index in [-0.39, 0.29) is 11.3 Å². The molecule has 1 N–H and O–H groups in total. The van der Waals surface area contributed by atoms with Crippen molar-refractivity contribution in [2.24, 2.45) is 0 Å². The molecule has 6 heteroatoms. The maximum absolute atomic E-state index is 12.8. The number of nitrogens with zero attached hydrogens (tertiary/aromatic N) is 1. The van der Waals surface area contributed by atoms with E-state index >= 15 is 0 Å². The molecule has 0 spiro atoms. The summed E-state index contributed by atoms with van der Waals surface area (Å²) in [5, 5.41) is 12.8. The van der Waals surface area contributed by atoms with Crippen LogP contribution in [-0.4, -0.2) is 16.2 Å². The second kappa shape index (κ2) is 3.62. The lowest BCUT2D eigenvalue weighted by Crippen LogP contribution is -2.04. The average Bonchev–Trinajstić information content (AvgIpc) is 2.59. The van der Waals surface area contributed by atoms with E-state index in [1.165, 1.54) is 12.1 Å². The van der Waals surface area contributed by atoms with Gasteiger partial charge in [-0.1, -0.05) is 21.1 Å². The maximum atomic E-state index is 12.8. The Kier molecular flexibility index (Phi) is 2.44. The van der Waals surface area contributed by atoms with Crippen LogP contribution in [0.25, 0.3) is 11.0 Å². The van der Waals surface area contributed by atoms with Crippen LogP contribution in [0.3, 0.4) is 0 Å². The average molecular weight is 274 g/mol. The Hall–Kier alpha value is -1.43. The van der Waals surface area contributed by atoms with Gasteiger partial charge in [0.2, 0.25) is 0 Å². The van der Waals surface area contributed by atoms with Crippen LogP contribution in [0.1, 0.15) is 10.5 Å². The van der Waals surface area contributed by atoms with Crippen LogP contribution in [0.15, 0.2) is 22.7 Å². The minimum Gasteiger partial charge on any atom is -0.480 e. The lowest BCUT2D eigenvalue weighted by Gasteiger charge is -1.98. The van der Waals surface area contributed by atoms with Gasteiger partial charge in [0.25, 0.3) is 0 Å². The summed E-state index contributed by atoms with van der Waals surface area (Å²) in [6, 6.07) is 3.83. The molecule has 4 nitrogen and oxygen atoms in total. The minimum atomic E-state index is -1.07. The number of carbonyl (C=O) groups is 1. The maximum Gasteiger partial charge on any atom is 0.323 e. The topological polar surface area (TPSA) is 63.3 Å². The Morgan fingerprint density at radius 2 is 2.33 bits per heavy atom. The smallest absolute Gasteiger partial charge is 0.323 e. The fourth-order valence-electron chi connectivity index (χ4n) is 1.23. The van der Waals surface area contributed by atoms with Crippen molar-refractivity contribution >= 4 is 32.9 Å². The third-order valence-corrected chi connectivity index (χ3v) is 2.74. The Bertz CT molecular complexity index is 525. The molecule has 0 bridgehead atoms. The summed E-state index contributed by atoms with van der Waals surface area (Å²) in [5.74, 6) is -1.53. The number of fused-ring (bicyclic) bond motifs is 1. The fraction of sp³-hybridized carbons (Fsp3) is 0.111. The second-order valence-electron chi connectivity index (χ2n) is 2.91. The van der Waals surface area contributed by atoms with Crippen molar-refractivity contribution in [3.8, 4) is 0 Å². The number of aliphatic carboxylic acids is 1. The first-order chi connectivity index (χ1) is 7.09. The lowest BCUT2D eigenvalue weighted by molar-refractivity contribution is -0.136. The molecule has 15 heavy (non-hydrogen) atoms. The first kappa shape index (κ1) is 10.1. The number of benzene rings is 1. The number of aromatic nitrogens is 1. The highest BCUT2D eigenvalue weighted by Crippen LogP contribution is 2.29. The van der Waals surface area contributed by atoms with Gasteiger partial charge in [0, 0.05) is 11.5 Å². The molecule has 1 aromatic carbocycles. The molecule has 1 unspecified atom stereocenters. The Balaban J connectivity index is 2.59. The Labute approximate surface area is 91.8 Å². The van der Waals surface area contributed by atoms with Gasteiger partial charge in [0.05, 0.1) is 0 Å². The third-order valence-electron chi connectivity index (χ3n) is 1.92. The van der Waals surface area contributed by atoms with E-state index in [0.717, 1.165) is 6.07 Å². The van der Waals surface area contributed by atoms with Crippen LogP contribution in [-0.2, 0) is 4.79 Å². The van der Waals surface area contributed by atoms with Crippen LogP contribution in [0, 0.1) is 5.82 Å². The SMILES string of the molecule is O=C(O)C(Br)c1noc2cc(F)ccc12. The van der Waals surface area contributed by atoms with Crippen molar-refractivity contribution in [3.05, 3.63) is 29.7 Å². The molecule has 2 aromatic rings. The molecule has 1 aromatic heterocycles. The molecular weight excluding hydrogens is 269 g/mol. The predicted octanol–water partition coefficient (Wildman–Crippen LogP) is 2.49. The van der Waals surface area contributed by atoms with Gasteiger partial charge in [-0.2, -0.15) is 0 Å². The largest absolute Gasteiger partial charge is 0.480 e. The third kappa shape index (κ3) is 1.72. The highest BCUT2D eigenvalue weighted by molar-refractivity contribution is 9.09. The van der Waals surface area contributed by atoms with E-state index in [2.05, 4.69) is 21.1 Å². The molecule has 1 atom stereocenters. The number of alkyl halides is 1. The van der Waals surface area contributed by atoms with Gasteiger partial charge in [-0.3, -0.25) is 4.79 Å². The van der Waals surface area contributed by atoms with Crippen molar-refractivity contribution < 1.29 is 18.8 Å². The van der Waals surface area contributed by atoms with Gasteiger partial charge in [-0.15, -0.1) is 0 Å². The molecule has 0 aliphatic heterocycles. The van der Waals surface area contributed by atoms with Gasteiger partial charge in [-0.05, 0) is 12.1 Å². The first-order valence-electron chi connectivity index (χ1n) is 4.01. The van der Waals surface area contributed by atoms with Gasteiger partial charge in [0.15, 0.2) is 10.4 Å².